The van der Waals surface area contributed by atoms with Gasteiger partial charge in [0, 0.05) is 20.7 Å². The summed E-state index contributed by atoms with van der Waals surface area (Å²) >= 11 is 0. The molecule has 0 saturated heterocycles. The quantitative estimate of drug-likeness (QED) is 0.274. The lowest BCUT2D eigenvalue weighted by Gasteiger charge is -2.32. The van der Waals surface area contributed by atoms with Gasteiger partial charge in [-0.15, -0.1) is 0 Å². The van der Waals surface area contributed by atoms with Gasteiger partial charge in [0.05, 0.1) is 6.61 Å². The van der Waals surface area contributed by atoms with Crippen LogP contribution in [-0.2, 0) is 21.9 Å². The highest BCUT2D eigenvalue weighted by atomic mass is 32.2. The molecular formula is C13H24N5O6S+. The van der Waals surface area contributed by atoms with Crippen LogP contribution in [0.2, 0.25) is 0 Å². The number of hydrogen-bond donors (Lipinski definition) is 3. The molecule has 11 nitrogen and oxygen atoms in total. The van der Waals surface area contributed by atoms with Crippen LogP contribution in [-0.4, -0.2) is 73.6 Å². The van der Waals surface area contributed by atoms with Gasteiger partial charge < -0.3 is 20.5 Å². The van der Waals surface area contributed by atoms with E-state index in [1.165, 1.54) is 11.6 Å². The third kappa shape index (κ3) is 4.10. The Labute approximate surface area is 145 Å². The molecule has 4 N–H and O–H groups in total. The van der Waals surface area contributed by atoms with Crippen LogP contribution in [0.3, 0.4) is 0 Å². The van der Waals surface area contributed by atoms with Crippen LogP contribution in [0.15, 0.2) is 4.79 Å². The summed E-state index contributed by atoms with van der Waals surface area (Å²) in [5, 5.41) is 8.86. The first-order valence-corrected chi connectivity index (χ1v) is 9.30. The van der Waals surface area contributed by atoms with Gasteiger partial charge in [-0.25, -0.2) is 4.48 Å². The molecule has 1 atom stereocenters. The van der Waals surface area contributed by atoms with E-state index in [0.717, 1.165) is 0 Å². The fraction of sp³-hybridized carbons (Fsp3) is 0.692. The van der Waals surface area contributed by atoms with Crippen molar-refractivity contribution in [2.75, 3.05) is 56.6 Å². The Bertz CT molecular complexity index is 795. The minimum absolute atomic E-state index is 0.00349. The molecule has 0 spiro atoms. The predicted octanol–water partition coefficient (Wildman–Crippen LogP) is -1.68. The van der Waals surface area contributed by atoms with Crippen molar-refractivity contribution in [3.8, 4) is 0 Å². The molecule has 0 aromatic carbocycles. The van der Waals surface area contributed by atoms with Crippen molar-refractivity contribution in [1.82, 2.24) is 14.0 Å². The Morgan fingerprint density at radius 3 is 2.68 bits per heavy atom. The Morgan fingerprint density at radius 2 is 2.08 bits per heavy atom. The topological polar surface area (TPSA) is 148 Å². The minimum atomic E-state index is -4.21. The number of hydrogen-bond acceptors (Lipinski definition) is 8. The molecule has 0 fully saturated rings. The van der Waals surface area contributed by atoms with Crippen LogP contribution >= 0.6 is 0 Å². The summed E-state index contributed by atoms with van der Waals surface area (Å²) in [5.41, 5.74) is 5.78. The summed E-state index contributed by atoms with van der Waals surface area (Å²) in [4.78, 5) is 18.5. The van der Waals surface area contributed by atoms with Crippen molar-refractivity contribution in [3.05, 3.63) is 10.4 Å². The van der Waals surface area contributed by atoms with E-state index in [4.69, 9.17) is 20.1 Å². The van der Waals surface area contributed by atoms with Crippen molar-refractivity contribution in [3.63, 3.8) is 0 Å². The molecule has 1 aromatic heterocycles. The molecule has 25 heavy (non-hydrogen) atoms. The zero-order valence-electron chi connectivity index (χ0n) is 14.3. The number of quaternary nitrogens is 1. The van der Waals surface area contributed by atoms with Crippen LogP contribution in [0.4, 0.5) is 17.5 Å². The lowest BCUT2D eigenvalue weighted by Crippen LogP contribution is -2.54. The average molecular weight is 378 g/mol. The van der Waals surface area contributed by atoms with Gasteiger partial charge in [-0.2, -0.15) is 13.4 Å². The maximum atomic E-state index is 12.5. The fourth-order valence-electron chi connectivity index (χ4n) is 2.84. The smallest absolute Gasteiger partial charge is 0.284 e. The normalized spacial score (nSPS) is 20.1. The lowest BCUT2D eigenvalue weighted by atomic mass is 10.4. The molecule has 0 radical (unpaired) electrons. The number of aliphatic hydroxyl groups is 1. The summed E-state index contributed by atoms with van der Waals surface area (Å²) in [6.07, 6.45) is 0.424. The van der Waals surface area contributed by atoms with E-state index in [2.05, 4.69) is 4.98 Å². The second-order valence-corrected chi connectivity index (χ2v) is 7.69. The van der Waals surface area contributed by atoms with Crippen LogP contribution in [0.25, 0.3) is 0 Å². The first-order chi connectivity index (χ1) is 11.6. The molecule has 0 aliphatic carbocycles. The number of anilines is 2. The molecule has 2 rings (SSSR count). The second kappa shape index (κ2) is 7.25. The van der Waals surface area contributed by atoms with Gasteiger partial charge in [-0.05, 0) is 6.42 Å². The van der Waals surface area contributed by atoms with Crippen molar-refractivity contribution in [2.24, 2.45) is 7.05 Å². The van der Waals surface area contributed by atoms with E-state index < -0.39 is 15.9 Å². The third-order valence-electron chi connectivity index (χ3n) is 4.16. The largest absolute Gasteiger partial charge is 0.396 e. The van der Waals surface area contributed by atoms with Crippen LogP contribution in [0.1, 0.15) is 6.42 Å². The van der Waals surface area contributed by atoms with Crippen LogP contribution < -0.4 is 20.7 Å². The van der Waals surface area contributed by atoms with E-state index in [9.17, 15) is 13.2 Å². The summed E-state index contributed by atoms with van der Waals surface area (Å²) in [6, 6.07) is 0. The Hall–Kier alpha value is -1.73. The molecule has 1 aromatic rings. The number of aromatic nitrogens is 2. The SMILES string of the molecule is CN1C[N+](CCS(=O)(=O)O)(COCCCO)c2nc(N)n(C)c(=O)c21. The Kier molecular flexibility index (Phi) is 5.68. The molecule has 12 heteroatoms. The highest BCUT2D eigenvalue weighted by Crippen LogP contribution is 2.36. The second-order valence-electron chi connectivity index (χ2n) is 6.12. The van der Waals surface area contributed by atoms with E-state index in [1.807, 2.05) is 0 Å². The highest BCUT2D eigenvalue weighted by molar-refractivity contribution is 7.85. The van der Waals surface area contributed by atoms with Gasteiger partial charge in [0.25, 0.3) is 21.5 Å². The molecular weight excluding hydrogens is 354 g/mol. The standard InChI is InChI=1S/C13H23N5O6S/c1-16-8-18(4-7-25(21,22)23,9-24-6-3-5-19)11-10(16)12(20)17(2)13(14)15-11/h19H,3-9H2,1-2H3,(H2-,14,15,20,21,22,23)/p+1. The predicted molar refractivity (Wildman–Crippen MR) is 92.8 cm³/mol. The van der Waals surface area contributed by atoms with E-state index in [1.54, 1.807) is 11.9 Å². The van der Waals surface area contributed by atoms with Gasteiger partial charge in [-0.1, -0.05) is 0 Å². The van der Waals surface area contributed by atoms with Crippen LogP contribution in [0.5, 0.6) is 0 Å². The number of nitrogens with two attached hydrogens (primary N) is 1. The molecule has 0 bridgehead atoms. The average Bonchev–Trinajstić information content (AvgIpc) is 2.79. The zero-order valence-corrected chi connectivity index (χ0v) is 15.1. The molecule has 1 unspecified atom stereocenters. The van der Waals surface area contributed by atoms with E-state index in [0.29, 0.717) is 17.9 Å². The first-order valence-electron chi connectivity index (χ1n) is 7.69. The van der Waals surface area contributed by atoms with Gasteiger partial charge >= 0.3 is 0 Å². The van der Waals surface area contributed by atoms with Gasteiger partial charge in [0.2, 0.25) is 5.95 Å². The van der Waals surface area contributed by atoms with Crippen molar-refractivity contribution < 1.29 is 22.8 Å². The molecule has 2 heterocycles. The summed E-state index contributed by atoms with van der Waals surface area (Å²) in [6.45, 7) is 0.478. The number of nitrogens with zero attached hydrogens (tertiary/aromatic N) is 4. The number of aliphatic hydroxyl groups excluding tert-OH is 1. The Morgan fingerprint density at radius 1 is 1.40 bits per heavy atom. The zero-order chi connectivity index (χ0) is 18.8. The maximum Gasteiger partial charge on any atom is 0.284 e. The third-order valence-corrected chi connectivity index (χ3v) is 4.86. The molecule has 1 aliphatic heterocycles. The van der Waals surface area contributed by atoms with Crippen molar-refractivity contribution in [1.29, 1.82) is 0 Å². The van der Waals surface area contributed by atoms with E-state index in [-0.39, 0.29) is 49.1 Å². The summed E-state index contributed by atoms with van der Waals surface area (Å²) < 4.78 is 38.3. The van der Waals surface area contributed by atoms with Crippen molar-refractivity contribution >= 4 is 27.6 Å². The molecule has 0 amide bonds. The Balaban J connectivity index is 2.45. The summed E-state index contributed by atoms with van der Waals surface area (Å²) in [5.74, 6) is -0.194. The maximum absolute atomic E-state index is 12.5. The number of fused-ring (bicyclic) bond motifs is 1. The highest BCUT2D eigenvalue weighted by Gasteiger charge is 2.46. The van der Waals surface area contributed by atoms with Crippen LogP contribution in [0, 0.1) is 0 Å². The number of rotatable bonds is 8. The molecule has 1 aliphatic rings. The molecule has 0 saturated carbocycles. The van der Waals surface area contributed by atoms with Gasteiger partial charge in [0.15, 0.2) is 19.1 Å². The minimum Gasteiger partial charge on any atom is -0.396 e. The first kappa shape index (κ1) is 19.6. The molecule has 142 valence electrons. The fourth-order valence-corrected chi connectivity index (χ4v) is 3.42. The number of nitrogen functional groups attached to an aromatic ring is 1. The monoisotopic (exact) mass is 378 g/mol. The van der Waals surface area contributed by atoms with Crippen molar-refractivity contribution in [2.45, 2.75) is 6.42 Å². The number of ether oxygens (including phenoxy) is 1. The van der Waals surface area contributed by atoms with Gasteiger partial charge in [-0.3, -0.25) is 13.9 Å². The summed E-state index contributed by atoms with van der Waals surface area (Å²) in [7, 11) is -1.01. The van der Waals surface area contributed by atoms with E-state index >= 15 is 0 Å². The lowest BCUT2D eigenvalue weighted by molar-refractivity contribution is 0.0318. The van der Waals surface area contributed by atoms with Gasteiger partial charge in [0.1, 0.15) is 12.3 Å².